The Morgan fingerprint density at radius 2 is 1.65 bits per heavy atom. The molecule has 1 fully saturated rings. The third-order valence-electron chi connectivity index (χ3n) is 6.81. The summed E-state index contributed by atoms with van der Waals surface area (Å²) in [5.41, 5.74) is 1.16. The van der Waals surface area contributed by atoms with Crippen LogP contribution in [-0.4, -0.2) is 81.4 Å². The molecular weight excluding hydrogens is 448 g/mol. The normalized spacial score (nSPS) is 16.4. The highest BCUT2D eigenvalue weighted by Gasteiger charge is 2.28. The minimum atomic E-state index is -3.54. The van der Waals surface area contributed by atoms with Gasteiger partial charge in [0.2, 0.25) is 10.0 Å². The van der Waals surface area contributed by atoms with Gasteiger partial charge in [-0.2, -0.15) is 0 Å². The van der Waals surface area contributed by atoms with Crippen LogP contribution in [0.5, 0.6) is 0 Å². The summed E-state index contributed by atoms with van der Waals surface area (Å²) in [4.78, 5) is 16.8. The number of sulfonamides is 1. The standard InChI is InChI=1S/C26H38N4O3S/c1-4-30(26(31)27-2)24-16-19-29(20-17-24)18-15-23(22-11-7-5-8-12-22)21-28(3)34(32,33)25-13-9-6-10-14-25/h5-14,23-24H,4,15-21H2,1-3H3,(H,27,31). The first-order valence-electron chi connectivity index (χ1n) is 12.1. The number of carbonyl (C=O) groups excluding carboxylic acids is 1. The molecule has 7 nitrogen and oxygen atoms in total. The van der Waals surface area contributed by atoms with Crippen LogP contribution >= 0.6 is 0 Å². The average molecular weight is 487 g/mol. The molecule has 0 aromatic heterocycles. The topological polar surface area (TPSA) is 73.0 Å². The Balaban J connectivity index is 1.63. The molecule has 0 aliphatic carbocycles. The van der Waals surface area contributed by atoms with Crippen molar-refractivity contribution in [2.45, 2.75) is 43.0 Å². The van der Waals surface area contributed by atoms with Crippen molar-refractivity contribution in [3.05, 3.63) is 66.2 Å². The molecule has 0 spiro atoms. The van der Waals surface area contributed by atoms with Gasteiger partial charge in [-0.1, -0.05) is 48.5 Å². The van der Waals surface area contributed by atoms with E-state index in [1.54, 1.807) is 38.4 Å². The molecule has 1 saturated heterocycles. The minimum Gasteiger partial charge on any atom is -0.341 e. The third-order valence-corrected chi connectivity index (χ3v) is 8.64. The molecule has 0 saturated carbocycles. The largest absolute Gasteiger partial charge is 0.341 e. The Morgan fingerprint density at radius 3 is 2.21 bits per heavy atom. The smallest absolute Gasteiger partial charge is 0.317 e. The number of likely N-dealkylation sites (tertiary alicyclic amines) is 1. The van der Waals surface area contributed by atoms with Crippen molar-refractivity contribution in [1.29, 1.82) is 0 Å². The molecule has 2 aromatic carbocycles. The van der Waals surface area contributed by atoms with Gasteiger partial charge in [-0.05, 0) is 56.3 Å². The van der Waals surface area contributed by atoms with Gasteiger partial charge in [0.15, 0.2) is 0 Å². The molecule has 186 valence electrons. The van der Waals surface area contributed by atoms with Gasteiger partial charge in [0.05, 0.1) is 4.90 Å². The van der Waals surface area contributed by atoms with Crippen LogP contribution in [0.25, 0.3) is 0 Å². The van der Waals surface area contributed by atoms with Crippen molar-refractivity contribution >= 4 is 16.1 Å². The second-order valence-electron chi connectivity index (χ2n) is 8.91. The summed E-state index contributed by atoms with van der Waals surface area (Å²) in [6.45, 7) is 5.94. The van der Waals surface area contributed by atoms with Crippen LogP contribution in [0.3, 0.4) is 0 Å². The van der Waals surface area contributed by atoms with Crippen LogP contribution in [0, 0.1) is 0 Å². The molecule has 2 aromatic rings. The van der Waals surface area contributed by atoms with Crippen LogP contribution in [0.4, 0.5) is 4.79 Å². The van der Waals surface area contributed by atoms with Crippen molar-refractivity contribution in [1.82, 2.24) is 19.4 Å². The molecule has 0 bridgehead atoms. The first kappa shape index (κ1) is 26.2. The van der Waals surface area contributed by atoms with E-state index >= 15 is 0 Å². The number of nitrogens with one attached hydrogen (secondary N) is 1. The molecule has 0 radical (unpaired) electrons. The van der Waals surface area contributed by atoms with Gasteiger partial charge in [0.1, 0.15) is 0 Å². The molecule has 3 rings (SSSR count). The summed E-state index contributed by atoms with van der Waals surface area (Å²) < 4.78 is 27.7. The van der Waals surface area contributed by atoms with Gasteiger partial charge in [0.25, 0.3) is 0 Å². The zero-order valence-electron chi connectivity index (χ0n) is 20.6. The van der Waals surface area contributed by atoms with Gasteiger partial charge >= 0.3 is 6.03 Å². The first-order valence-corrected chi connectivity index (χ1v) is 13.6. The van der Waals surface area contributed by atoms with E-state index in [-0.39, 0.29) is 18.0 Å². The molecule has 2 amide bonds. The summed E-state index contributed by atoms with van der Waals surface area (Å²) in [6.07, 6.45) is 2.79. The number of likely N-dealkylation sites (N-methyl/N-ethyl adjacent to an activating group) is 1. The number of piperidine rings is 1. The number of benzene rings is 2. The molecule has 8 heteroatoms. The molecule has 1 atom stereocenters. The number of hydrogen-bond acceptors (Lipinski definition) is 4. The van der Waals surface area contributed by atoms with Crippen molar-refractivity contribution < 1.29 is 13.2 Å². The lowest BCUT2D eigenvalue weighted by atomic mass is 9.94. The lowest BCUT2D eigenvalue weighted by Gasteiger charge is -2.38. The fourth-order valence-corrected chi connectivity index (χ4v) is 6.01. The van der Waals surface area contributed by atoms with Gasteiger partial charge in [-0.25, -0.2) is 17.5 Å². The monoisotopic (exact) mass is 486 g/mol. The van der Waals surface area contributed by atoms with Gasteiger partial charge in [0, 0.05) is 46.3 Å². The quantitative estimate of drug-likeness (QED) is 0.557. The van der Waals surface area contributed by atoms with E-state index in [0.29, 0.717) is 18.0 Å². The summed E-state index contributed by atoms with van der Waals surface area (Å²) in [5, 5.41) is 2.74. The van der Waals surface area contributed by atoms with Gasteiger partial charge in [-0.15, -0.1) is 0 Å². The molecule has 1 unspecified atom stereocenters. The molecule has 1 aliphatic heterocycles. The van der Waals surface area contributed by atoms with Gasteiger partial charge in [-0.3, -0.25) is 0 Å². The summed E-state index contributed by atoms with van der Waals surface area (Å²) in [7, 11) is -0.191. The maximum atomic E-state index is 13.1. The summed E-state index contributed by atoms with van der Waals surface area (Å²) >= 11 is 0. The van der Waals surface area contributed by atoms with Crippen LogP contribution in [0.2, 0.25) is 0 Å². The van der Waals surface area contributed by atoms with E-state index < -0.39 is 10.0 Å². The Kier molecular flexibility index (Phi) is 9.50. The molecule has 1 N–H and O–H groups in total. The molecular formula is C26H38N4O3S. The van der Waals surface area contributed by atoms with E-state index in [4.69, 9.17) is 0 Å². The second kappa shape index (κ2) is 12.3. The second-order valence-corrected chi connectivity index (χ2v) is 11.0. The number of urea groups is 1. The van der Waals surface area contributed by atoms with Crippen molar-refractivity contribution in [3.8, 4) is 0 Å². The van der Waals surface area contributed by atoms with Crippen molar-refractivity contribution in [3.63, 3.8) is 0 Å². The fourth-order valence-electron chi connectivity index (χ4n) is 4.77. The fraction of sp³-hybridized carbons (Fsp3) is 0.500. The van der Waals surface area contributed by atoms with E-state index in [1.165, 1.54) is 4.31 Å². The Labute approximate surface area is 204 Å². The van der Waals surface area contributed by atoms with Crippen LogP contribution in [0.1, 0.15) is 37.7 Å². The lowest BCUT2D eigenvalue weighted by molar-refractivity contribution is 0.122. The number of amides is 2. The Morgan fingerprint density at radius 1 is 1.06 bits per heavy atom. The first-order chi connectivity index (χ1) is 16.4. The number of hydrogen-bond donors (Lipinski definition) is 1. The zero-order chi connectivity index (χ0) is 24.6. The zero-order valence-corrected chi connectivity index (χ0v) is 21.4. The minimum absolute atomic E-state index is 0.00671. The summed E-state index contributed by atoms with van der Waals surface area (Å²) in [6, 6.07) is 19.1. The van der Waals surface area contributed by atoms with Crippen LogP contribution in [0.15, 0.2) is 65.6 Å². The number of nitrogens with zero attached hydrogens (tertiary/aromatic N) is 3. The van der Waals surface area contributed by atoms with Crippen LogP contribution in [-0.2, 0) is 10.0 Å². The molecule has 34 heavy (non-hydrogen) atoms. The van der Waals surface area contributed by atoms with Crippen molar-refractivity contribution in [2.75, 3.05) is 46.8 Å². The highest BCUT2D eigenvalue weighted by atomic mass is 32.2. The third kappa shape index (κ3) is 6.58. The maximum Gasteiger partial charge on any atom is 0.317 e. The van der Waals surface area contributed by atoms with Gasteiger partial charge < -0.3 is 15.1 Å². The van der Waals surface area contributed by atoms with E-state index in [9.17, 15) is 13.2 Å². The lowest BCUT2D eigenvalue weighted by Crippen LogP contribution is -2.50. The highest BCUT2D eigenvalue weighted by molar-refractivity contribution is 7.89. The Hall–Kier alpha value is -2.42. The molecule has 1 aliphatic rings. The SMILES string of the molecule is CCN(C(=O)NC)C1CCN(CCC(CN(C)S(=O)(=O)c2ccccc2)c2ccccc2)CC1. The maximum absolute atomic E-state index is 13.1. The van der Waals surface area contributed by atoms with E-state index in [0.717, 1.165) is 44.5 Å². The molecule has 1 heterocycles. The predicted octanol–water partition coefficient (Wildman–Crippen LogP) is 3.61. The van der Waals surface area contributed by atoms with E-state index in [1.807, 2.05) is 36.1 Å². The number of rotatable bonds is 10. The highest BCUT2D eigenvalue weighted by Crippen LogP contribution is 2.25. The average Bonchev–Trinajstić information content (AvgIpc) is 2.88. The summed E-state index contributed by atoms with van der Waals surface area (Å²) in [5.74, 6) is 0.0976. The van der Waals surface area contributed by atoms with Crippen molar-refractivity contribution in [2.24, 2.45) is 0 Å². The number of carbonyl (C=O) groups is 1. The van der Waals surface area contributed by atoms with E-state index in [2.05, 4.69) is 22.3 Å². The predicted molar refractivity (Wildman–Crippen MR) is 136 cm³/mol. The van der Waals surface area contributed by atoms with Crippen LogP contribution < -0.4 is 5.32 Å². The Bertz CT molecular complexity index is 993.